The number of halogens is 2. The molecule has 0 bridgehead atoms. The van der Waals surface area contributed by atoms with Gasteiger partial charge in [0.1, 0.15) is 5.75 Å². The largest absolute Gasteiger partial charge is 0.491 e. The highest BCUT2D eigenvalue weighted by atomic mass is 79.9. The molecule has 0 saturated carbocycles. The van der Waals surface area contributed by atoms with Crippen LogP contribution >= 0.6 is 31.9 Å². The second-order valence-electron chi connectivity index (χ2n) is 5.08. The number of benzene rings is 1. The van der Waals surface area contributed by atoms with E-state index in [1.807, 2.05) is 6.92 Å². The van der Waals surface area contributed by atoms with Crippen LogP contribution in [0.3, 0.4) is 0 Å². The van der Waals surface area contributed by atoms with Gasteiger partial charge in [-0.15, -0.1) is 0 Å². The van der Waals surface area contributed by atoms with Crippen molar-refractivity contribution in [3.63, 3.8) is 0 Å². The predicted molar refractivity (Wildman–Crippen MR) is 87.9 cm³/mol. The van der Waals surface area contributed by atoms with Crippen LogP contribution in [0.5, 0.6) is 5.75 Å². The molecule has 0 aliphatic rings. The van der Waals surface area contributed by atoms with Crippen LogP contribution in [0.2, 0.25) is 0 Å². The van der Waals surface area contributed by atoms with E-state index in [9.17, 15) is 0 Å². The molecular formula is C14H22Br2N2O. The van der Waals surface area contributed by atoms with Crippen molar-refractivity contribution >= 4 is 31.9 Å². The summed E-state index contributed by atoms with van der Waals surface area (Å²) in [4.78, 5) is 2.15. The molecule has 0 radical (unpaired) electrons. The first-order chi connectivity index (χ1) is 8.90. The molecule has 1 atom stereocenters. The van der Waals surface area contributed by atoms with Crippen molar-refractivity contribution in [3.8, 4) is 5.75 Å². The van der Waals surface area contributed by atoms with Crippen LogP contribution in [0, 0.1) is 0 Å². The molecule has 19 heavy (non-hydrogen) atoms. The van der Waals surface area contributed by atoms with Gasteiger partial charge >= 0.3 is 0 Å². The van der Waals surface area contributed by atoms with Gasteiger partial charge in [0.25, 0.3) is 0 Å². The Morgan fingerprint density at radius 2 is 1.84 bits per heavy atom. The van der Waals surface area contributed by atoms with Gasteiger partial charge < -0.3 is 15.4 Å². The quantitative estimate of drug-likeness (QED) is 0.721. The van der Waals surface area contributed by atoms with Gasteiger partial charge in [0.2, 0.25) is 0 Å². The third-order valence-electron chi connectivity index (χ3n) is 2.61. The molecule has 1 aromatic rings. The van der Waals surface area contributed by atoms with Crippen molar-refractivity contribution in [2.45, 2.75) is 25.8 Å². The minimum absolute atomic E-state index is 0.158. The molecule has 0 aliphatic heterocycles. The van der Waals surface area contributed by atoms with Crippen LogP contribution in [0.4, 0.5) is 0 Å². The molecule has 1 aromatic carbocycles. The molecule has 0 amide bonds. The highest BCUT2D eigenvalue weighted by Gasteiger charge is 2.10. The van der Waals surface area contributed by atoms with Crippen LogP contribution < -0.4 is 10.5 Å². The Kier molecular flexibility index (Phi) is 7.36. The standard InChI is InChI=1S/C14H22Br2N2O/c1-10(17)7-11-8-12(15)14(13(16)9-11)19-6-4-5-18(2)3/h8-10H,4-7,17H2,1-3H3. The maximum Gasteiger partial charge on any atom is 0.147 e. The Morgan fingerprint density at radius 3 is 2.32 bits per heavy atom. The number of rotatable bonds is 7. The Hall–Kier alpha value is -0.100. The molecule has 1 unspecified atom stereocenters. The second-order valence-corrected chi connectivity index (χ2v) is 6.78. The summed E-state index contributed by atoms with van der Waals surface area (Å²) in [5.41, 5.74) is 7.03. The summed E-state index contributed by atoms with van der Waals surface area (Å²) in [6.07, 6.45) is 1.87. The minimum Gasteiger partial charge on any atom is -0.491 e. The van der Waals surface area contributed by atoms with E-state index in [-0.39, 0.29) is 6.04 Å². The maximum atomic E-state index is 5.83. The van der Waals surface area contributed by atoms with E-state index in [2.05, 4.69) is 63.0 Å². The summed E-state index contributed by atoms with van der Waals surface area (Å²) in [5.74, 6) is 0.868. The van der Waals surface area contributed by atoms with Gasteiger partial charge in [-0.2, -0.15) is 0 Å². The van der Waals surface area contributed by atoms with E-state index < -0.39 is 0 Å². The Balaban J connectivity index is 2.63. The monoisotopic (exact) mass is 392 g/mol. The summed E-state index contributed by atoms with van der Waals surface area (Å²) in [6.45, 7) is 3.74. The lowest BCUT2D eigenvalue weighted by molar-refractivity contribution is 0.279. The smallest absolute Gasteiger partial charge is 0.147 e. The zero-order chi connectivity index (χ0) is 14.4. The Labute approximate surface area is 132 Å². The molecule has 0 spiro atoms. The molecule has 0 aromatic heterocycles. The van der Waals surface area contributed by atoms with E-state index >= 15 is 0 Å². The normalized spacial score (nSPS) is 12.8. The third-order valence-corrected chi connectivity index (χ3v) is 3.79. The number of hydrogen-bond donors (Lipinski definition) is 1. The lowest BCUT2D eigenvalue weighted by Gasteiger charge is -2.14. The van der Waals surface area contributed by atoms with Crippen molar-refractivity contribution in [1.29, 1.82) is 0 Å². The fraction of sp³-hybridized carbons (Fsp3) is 0.571. The van der Waals surface area contributed by atoms with Gasteiger partial charge in [-0.3, -0.25) is 0 Å². The van der Waals surface area contributed by atoms with E-state index in [0.29, 0.717) is 6.61 Å². The van der Waals surface area contributed by atoms with Crippen LogP contribution in [0.25, 0.3) is 0 Å². The van der Waals surface area contributed by atoms with Crippen molar-refractivity contribution in [2.24, 2.45) is 5.73 Å². The average molecular weight is 394 g/mol. The fourth-order valence-corrected chi connectivity index (χ4v) is 3.31. The van der Waals surface area contributed by atoms with Gasteiger partial charge in [0.05, 0.1) is 15.6 Å². The number of nitrogens with zero attached hydrogens (tertiary/aromatic N) is 1. The number of hydrogen-bond acceptors (Lipinski definition) is 3. The fourth-order valence-electron chi connectivity index (χ4n) is 1.79. The van der Waals surface area contributed by atoms with Crippen LogP contribution in [0.1, 0.15) is 18.9 Å². The van der Waals surface area contributed by atoms with Crippen LogP contribution in [-0.2, 0) is 6.42 Å². The zero-order valence-electron chi connectivity index (χ0n) is 11.7. The lowest BCUT2D eigenvalue weighted by Crippen LogP contribution is -2.18. The van der Waals surface area contributed by atoms with Gasteiger partial charge in [0, 0.05) is 12.6 Å². The highest BCUT2D eigenvalue weighted by molar-refractivity contribution is 9.11. The van der Waals surface area contributed by atoms with Crippen molar-refractivity contribution < 1.29 is 4.74 Å². The van der Waals surface area contributed by atoms with Gasteiger partial charge in [-0.25, -0.2) is 0 Å². The highest BCUT2D eigenvalue weighted by Crippen LogP contribution is 2.35. The first-order valence-electron chi connectivity index (χ1n) is 6.41. The van der Waals surface area contributed by atoms with Gasteiger partial charge in [-0.05, 0) is 83.4 Å². The topological polar surface area (TPSA) is 38.5 Å². The number of nitrogens with two attached hydrogens (primary N) is 1. The molecular weight excluding hydrogens is 372 g/mol. The summed E-state index contributed by atoms with van der Waals surface area (Å²) < 4.78 is 7.78. The van der Waals surface area contributed by atoms with Gasteiger partial charge in [0.15, 0.2) is 0 Å². The minimum atomic E-state index is 0.158. The van der Waals surface area contributed by atoms with Crippen molar-refractivity contribution in [1.82, 2.24) is 4.90 Å². The van der Waals surface area contributed by atoms with Crippen LogP contribution in [0.15, 0.2) is 21.1 Å². The molecule has 0 aliphatic carbocycles. The van der Waals surface area contributed by atoms with E-state index in [1.165, 1.54) is 5.56 Å². The molecule has 5 heteroatoms. The lowest BCUT2D eigenvalue weighted by atomic mass is 10.1. The van der Waals surface area contributed by atoms with Crippen LogP contribution in [-0.4, -0.2) is 38.2 Å². The van der Waals surface area contributed by atoms with E-state index in [1.54, 1.807) is 0 Å². The maximum absolute atomic E-state index is 5.83. The molecule has 0 heterocycles. The zero-order valence-corrected chi connectivity index (χ0v) is 14.9. The molecule has 0 fully saturated rings. The van der Waals surface area contributed by atoms with Crippen molar-refractivity contribution in [2.75, 3.05) is 27.2 Å². The summed E-state index contributed by atoms with van der Waals surface area (Å²) in [5, 5.41) is 0. The van der Waals surface area contributed by atoms with Gasteiger partial charge in [-0.1, -0.05) is 0 Å². The van der Waals surface area contributed by atoms with E-state index in [0.717, 1.165) is 34.1 Å². The molecule has 3 nitrogen and oxygen atoms in total. The van der Waals surface area contributed by atoms with E-state index in [4.69, 9.17) is 10.5 Å². The first-order valence-corrected chi connectivity index (χ1v) is 7.99. The Morgan fingerprint density at radius 1 is 1.26 bits per heavy atom. The predicted octanol–water partition coefficient (Wildman–Crippen LogP) is 3.43. The summed E-state index contributed by atoms with van der Waals surface area (Å²) >= 11 is 7.13. The third kappa shape index (κ3) is 6.25. The molecule has 0 saturated heterocycles. The molecule has 2 N–H and O–H groups in total. The first kappa shape index (κ1) is 17.0. The molecule has 1 rings (SSSR count). The average Bonchev–Trinajstić information content (AvgIpc) is 2.25. The molecule has 108 valence electrons. The Bertz CT molecular complexity index is 385. The second kappa shape index (κ2) is 8.25. The SMILES string of the molecule is CC(N)Cc1cc(Br)c(OCCCN(C)C)c(Br)c1. The van der Waals surface area contributed by atoms with Crippen molar-refractivity contribution in [3.05, 3.63) is 26.6 Å². The summed E-state index contributed by atoms with van der Waals surface area (Å²) in [6, 6.07) is 4.32. The summed E-state index contributed by atoms with van der Waals surface area (Å²) in [7, 11) is 4.13. The number of ether oxygens (including phenoxy) is 1.